The molecule has 1 aliphatic rings. The molecule has 1 aliphatic heterocycles. The van der Waals surface area contributed by atoms with Crippen molar-refractivity contribution in [1.82, 2.24) is 4.90 Å². The zero-order valence-corrected chi connectivity index (χ0v) is 9.58. The predicted octanol–water partition coefficient (Wildman–Crippen LogP) is 1.60. The fourth-order valence-electron chi connectivity index (χ4n) is 2.08. The molecule has 0 saturated carbocycles. The molecule has 1 saturated heterocycles. The maximum Gasteiger partial charge on any atom is 0.383 e. The number of nitrogens with zero attached hydrogens (tertiary/aromatic N) is 1. The van der Waals surface area contributed by atoms with Crippen molar-refractivity contribution in [1.29, 1.82) is 0 Å². The second kappa shape index (κ2) is 5.11. The standard InChI is InChI=1S/C10H13F4NO3/c1-5-3-2-4-15(6(5)7(16)17)9(18)10(13,14)8(11)12/h5-6,8H,2-4H2,1H3,(H,16,17). The molecule has 1 rings (SSSR count). The molecule has 2 atom stereocenters. The summed E-state index contributed by atoms with van der Waals surface area (Å²) in [5, 5.41) is 8.91. The average molecular weight is 271 g/mol. The summed E-state index contributed by atoms with van der Waals surface area (Å²) in [6.07, 6.45) is -3.38. The number of carbonyl (C=O) groups is 2. The van der Waals surface area contributed by atoms with Gasteiger partial charge in [-0.05, 0) is 18.8 Å². The van der Waals surface area contributed by atoms with Gasteiger partial charge in [0, 0.05) is 6.54 Å². The number of aliphatic carboxylic acids is 1. The van der Waals surface area contributed by atoms with Crippen LogP contribution in [0, 0.1) is 5.92 Å². The van der Waals surface area contributed by atoms with Crippen molar-refractivity contribution < 1.29 is 32.3 Å². The van der Waals surface area contributed by atoms with Crippen LogP contribution < -0.4 is 0 Å². The first-order valence-electron chi connectivity index (χ1n) is 5.39. The highest BCUT2D eigenvalue weighted by Gasteiger charge is 2.54. The molecule has 104 valence electrons. The SMILES string of the molecule is CC1CCCN(C(=O)C(F)(F)C(F)F)C1C(=O)O. The molecule has 1 heterocycles. The van der Waals surface area contributed by atoms with Crippen LogP contribution in [0.15, 0.2) is 0 Å². The molecule has 0 aliphatic carbocycles. The van der Waals surface area contributed by atoms with Gasteiger partial charge in [0.1, 0.15) is 6.04 Å². The first-order valence-corrected chi connectivity index (χ1v) is 5.39. The Labute approximate surface area is 101 Å². The Morgan fingerprint density at radius 1 is 1.39 bits per heavy atom. The molecular formula is C10H13F4NO3. The van der Waals surface area contributed by atoms with Gasteiger partial charge in [-0.15, -0.1) is 0 Å². The Balaban J connectivity index is 2.98. The number of alkyl halides is 4. The lowest BCUT2D eigenvalue weighted by molar-refractivity contribution is -0.188. The smallest absolute Gasteiger partial charge is 0.383 e. The van der Waals surface area contributed by atoms with E-state index in [0.29, 0.717) is 17.7 Å². The molecule has 18 heavy (non-hydrogen) atoms. The van der Waals surface area contributed by atoms with Crippen molar-refractivity contribution in [3.05, 3.63) is 0 Å². The number of halogens is 4. The molecule has 1 fully saturated rings. The number of hydrogen-bond donors (Lipinski definition) is 1. The highest BCUT2D eigenvalue weighted by atomic mass is 19.3. The summed E-state index contributed by atoms with van der Waals surface area (Å²) in [5.74, 6) is -8.96. The van der Waals surface area contributed by atoms with Gasteiger partial charge in [0.15, 0.2) is 0 Å². The summed E-state index contributed by atoms with van der Waals surface area (Å²) in [6, 6.07) is -1.48. The van der Waals surface area contributed by atoms with Crippen LogP contribution in [0.4, 0.5) is 17.6 Å². The summed E-state index contributed by atoms with van der Waals surface area (Å²) >= 11 is 0. The van der Waals surface area contributed by atoms with Gasteiger partial charge in [-0.3, -0.25) is 4.79 Å². The number of piperidine rings is 1. The molecule has 0 bridgehead atoms. The number of likely N-dealkylation sites (tertiary alicyclic amines) is 1. The van der Waals surface area contributed by atoms with Gasteiger partial charge in [-0.1, -0.05) is 6.92 Å². The topological polar surface area (TPSA) is 57.6 Å². The zero-order valence-electron chi connectivity index (χ0n) is 9.58. The minimum absolute atomic E-state index is 0.248. The van der Waals surface area contributed by atoms with Crippen molar-refractivity contribution in [2.75, 3.05) is 6.54 Å². The van der Waals surface area contributed by atoms with Crippen LogP contribution in [0.25, 0.3) is 0 Å². The van der Waals surface area contributed by atoms with E-state index in [9.17, 15) is 27.2 Å². The van der Waals surface area contributed by atoms with E-state index in [4.69, 9.17) is 5.11 Å². The maximum absolute atomic E-state index is 13.0. The second-order valence-corrected chi connectivity index (χ2v) is 4.32. The Bertz CT molecular complexity index is 348. The van der Waals surface area contributed by atoms with E-state index in [0.717, 1.165) is 0 Å². The fourth-order valence-corrected chi connectivity index (χ4v) is 2.08. The molecule has 4 nitrogen and oxygen atoms in total. The molecule has 1 amide bonds. The van der Waals surface area contributed by atoms with E-state index in [1.807, 2.05) is 0 Å². The Kier molecular flexibility index (Phi) is 4.18. The minimum atomic E-state index is -4.84. The maximum atomic E-state index is 13.0. The minimum Gasteiger partial charge on any atom is -0.480 e. The summed E-state index contributed by atoms with van der Waals surface area (Å²) in [5.41, 5.74) is 0. The molecule has 0 aromatic heterocycles. The van der Waals surface area contributed by atoms with Gasteiger partial charge in [-0.2, -0.15) is 8.78 Å². The predicted molar refractivity (Wildman–Crippen MR) is 52.5 cm³/mol. The highest BCUT2D eigenvalue weighted by molar-refractivity contribution is 5.88. The number of rotatable bonds is 3. The second-order valence-electron chi connectivity index (χ2n) is 4.32. The summed E-state index contributed by atoms with van der Waals surface area (Å²) in [4.78, 5) is 22.7. The first kappa shape index (κ1) is 14.7. The third-order valence-electron chi connectivity index (χ3n) is 3.01. The van der Waals surface area contributed by atoms with Crippen molar-refractivity contribution >= 4 is 11.9 Å². The first-order chi connectivity index (χ1) is 8.19. The third kappa shape index (κ3) is 2.56. The average Bonchev–Trinajstić information content (AvgIpc) is 2.26. The summed E-state index contributed by atoms with van der Waals surface area (Å²) in [7, 11) is 0. The van der Waals surface area contributed by atoms with Crippen molar-refractivity contribution in [2.24, 2.45) is 5.92 Å². The van der Waals surface area contributed by atoms with Crippen LogP contribution in [0.5, 0.6) is 0 Å². The summed E-state index contributed by atoms with van der Waals surface area (Å²) < 4.78 is 50.1. The van der Waals surface area contributed by atoms with Gasteiger partial charge >= 0.3 is 18.3 Å². The molecule has 1 N–H and O–H groups in total. The van der Waals surface area contributed by atoms with E-state index in [2.05, 4.69) is 0 Å². The molecular weight excluding hydrogens is 258 g/mol. The third-order valence-corrected chi connectivity index (χ3v) is 3.01. The zero-order chi connectivity index (χ0) is 14.1. The number of carboxylic acids is 1. The van der Waals surface area contributed by atoms with Gasteiger partial charge in [0.05, 0.1) is 0 Å². The van der Waals surface area contributed by atoms with Gasteiger partial charge < -0.3 is 10.0 Å². The largest absolute Gasteiger partial charge is 0.480 e. The van der Waals surface area contributed by atoms with E-state index in [1.54, 1.807) is 0 Å². The van der Waals surface area contributed by atoms with Gasteiger partial charge in [0.2, 0.25) is 0 Å². The normalized spacial score (nSPS) is 25.3. The highest BCUT2D eigenvalue weighted by Crippen LogP contribution is 2.31. The molecule has 2 unspecified atom stereocenters. The van der Waals surface area contributed by atoms with E-state index in [-0.39, 0.29) is 6.54 Å². The van der Waals surface area contributed by atoms with Crippen molar-refractivity contribution in [3.63, 3.8) is 0 Å². The quantitative estimate of drug-likeness (QED) is 0.793. The Hall–Kier alpha value is -1.34. The number of amides is 1. The van der Waals surface area contributed by atoms with Crippen LogP contribution in [0.1, 0.15) is 19.8 Å². The van der Waals surface area contributed by atoms with E-state index in [1.165, 1.54) is 6.92 Å². The Morgan fingerprint density at radius 2 is 1.94 bits per heavy atom. The van der Waals surface area contributed by atoms with Crippen molar-refractivity contribution in [2.45, 2.75) is 38.2 Å². The van der Waals surface area contributed by atoms with Crippen LogP contribution in [0.3, 0.4) is 0 Å². The number of carboxylic acid groups (broad SMARTS) is 1. The lowest BCUT2D eigenvalue weighted by Gasteiger charge is -2.38. The molecule has 0 aromatic carbocycles. The van der Waals surface area contributed by atoms with Crippen LogP contribution >= 0.6 is 0 Å². The van der Waals surface area contributed by atoms with Crippen LogP contribution in [0.2, 0.25) is 0 Å². The molecule has 8 heteroatoms. The van der Waals surface area contributed by atoms with E-state index < -0.39 is 36.2 Å². The monoisotopic (exact) mass is 271 g/mol. The molecule has 0 spiro atoms. The van der Waals surface area contributed by atoms with Crippen LogP contribution in [-0.2, 0) is 9.59 Å². The lowest BCUT2D eigenvalue weighted by Crippen LogP contribution is -2.58. The van der Waals surface area contributed by atoms with Gasteiger partial charge in [-0.25, -0.2) is 13.6 Å². The van der Waals surface area contributed by atoms with Crippen molar-refractivity contribution in [3.8, 4) is 0 Å². The number of hydrogen-bond acceptors (Lipinski definition) is 2. The van der Waals surface area contributed by atoms with Crippen LogP contribution in [-0.4, -0.2) is 46.8 Å². The lowest BCUT2D eigenvalue weighted by atomic mass is 9.90. The molecule has 0 aromatic rings. The molecule has 0 radical (unpaired) electrons. The van der Waals surface area contributed by atoms with E-state index >= 15 is 0 Å². The fraction of sp³-hybridized carbons (Fsp3) is 0.800. The number of carbonyl (C=O) groups excluding carboxylic acids is 1. The summed E-state index contributed by atoms with van der Waals surface area (Å²) in [6.45, 7) is 1.24. The van der Waals surface area contributed by atoms with Gasteiger partial charge in [0.25, 0.3) is 5.91 Å². The Morgan fingerprint density at radius 3 is 2.39 bits per heavy atom.